The Morgan fingerprint density at radius 2 is 1.41 bits per heavy atom. The van der Waals surface area contributed by atoms with Crippen LogP contribution in [0.15, 0.2) is 0 Å². The zero-order valence-corrected chi connectivity index (χ0v) is 18.2. The molecule has 160 valence electrons. The van der Waals surface area contributed by atoms with Gasteiger partial charge in [-0.15, -0.1) is 0 Å². The van der Waals surface area contributed by atoms with Crippen LogP contribution in [0.5, 0.6) is 0 Å². The molecule has 0 aliphatic carbocycles. The summed E-state index contributed by atoms with van der Waals surface area (Å²) >= 11 is 0. The number of hydrogen-bond acceptors (Lipinski definition) is 5. The smallest absolute Gasteiger partial charge is 0.225 e. The number of rotatable bonds is 13. The standard InChI is InChI=1S/C22H42O5/c1-6-7-8-9-10-11-12-13-14-15-16-24-17-22-19(26-20(3,4)27-22)21(5,23)18(2)25-22/h18-19,23H,6-17H2,1-5H3/t18-,19-,21?,22-/m0/s1. The van der Waals surface area contributed by atoms with Gasteiger partial charge in [0, 0.05) is 6.61 Å². The lowest BCUT2D eigenvalue weighted by Crippen LogP contribution is -2.50. The predicted molar refractivity (Wildman–Crippen MR) is 107 cm³/mol. The van der Waals surface area contributed by atoms with Gasteiger partial charge in [0.05, 0.1) is 6.10 Å². The summed E-state index contributed by atoms with van der Waals surface area (Å²) in [5, 5.41) is 10.7. The van der Waals surface area contributed by atoms with Crippen molar-refractivity contribution in [2.75, 3.05) is 13.2 Å². The molecular formula is C22H42O5. The average Bonchev–Trinajstić information content (AvgIpc) is 2.95. The van der Waals surface area contributed by atoms with Crippen molar-refractivity contribution in [2.45, 2.75) is 128 Å². The van der Waals surface area contributed by atoms with E-state index >= 15 is 0 Å². The minimum Gasteiger partial charge on any atom is -0.385 e. The molecule has 2 heterocycles. The quantitative estimate of drug-likeness (QED) is 0.454. The molecule has 0 bridgehead atoms. The Labute approximate surface area is 166 Å². The Kier molecular flexibility index (Phi) is 8.56. The molecule has 0 amide bonds. The summed E-state index contributed by atoms with van der Waals surface area (Å²) in [6, 6.07) is 0. The van der Waals surface area contributed by atoms with Crippen LogP contribution < -0.4 is 0 Å². The zero-order chi connectivity index (χ0) is 20.0. The maximum atomic E-state index is 10.7. The zero-order valence-electron chi connectivity index (χ0n) is 18.2. The summed E-state index contributed by atoms with van der Waals surface area (Å²) in [6.45, 7) is 10.5. The molecule has 0 saturated carbocycles. The molecule has 2 aliphatic rings. The summed E-state index contributed by atoms with van der Waals surface area (Å²) in [4.78, 5) is 0. The van der Waals surface area contributed by atoms with Crippen LogP contribution in [-0.4, -0.2) is 47.7 Å². The number of fused-ring (bicyclic) bond motifs is 1. The normalized spacial score (nSPS) is 34.9. The summed E-state index contributed by atoms with van der Waals surface area (Å²) in [7, 11) is 0. The van der Waals surface area contributed by atoms with E-state index in [0.29, 0.717) is 13.2 Å². The fraction of sp³-hybridized carbons (Fsp3) is 1.00. The van der Waals surface area contributed by atoms with Crippen LogP contribution in [0.25, 0.3) is 0 Å². The van der Waals surface area contributed by atoms with E-state index in [0.717, 1.165) is 6.42 Å². The molecule has 0 spiro atoms. The molecule has 2 aliphatic heterocycles. The first-order valence-electron chi connectivity index (χ1n) is 11.1. The molecule has 2 saturated heterocycles. The maximum Gasteiger partial charge on any atom is 0.225 e. The third-order valence-electron chi connectivity index (χ3n) is 5.90. The van der Waals surface area contributed by atoms with Gasteiger partial charge in [0.1, 0.15) is 18.3 Å². The number of hydrogen-bond donors (Lipinski definition) is 1. The fourth-order valence-corrected chi connectivity index (χ4v) is 4.19. The van der Waals surface area contributed by atoms with E-state index in [-0.39, 0.29) is 6.10 Å². The van der Waals surface area contributed by atoms with Crippen molar-refractivity contribution >= 4 is 0 Å². The number of aliphatic hydroxyl groups is 1. The van der Waals surface area contributed by atoms with Gasteiger partial charge < -0.3 is 24.1 Å². The summed E-state index contributed by atoms with van der Waals surface area (Å²) in [5.74, 6) is -1.79. The van der Waals surface area contributed by atoms with Gasteiger partial charge in [0.2, 0.25) is 5.79 Å². The summed E-state index contributed by atoms with van der Waals surface area (Å²) in [6.07, 6.45) is 12.2. The first kappa shape index (κ1) is 23.1. The molecule has 0 aromatic heterocycles. The van der Waals surface area contributed by atoms with Crippen LogP contribution in [0.3, 0.4) is 0 Å². The van der Waals surface area contributed by atoms with E-state index < -0.39 is 23.3 Å². The predicted octanol–water partition coefficient (Wildman–Crippen LogP) is 4.94. The Bertz CT molecular complexity index is 436. The van der Waals surface area contributed by atoms with Gasteiger partial charge in [-0.05, 0) is 34.1 Å². The molecule has 5 heteroatoms. The van der Waals surface area contributed by atoms with Crippen molar-refractivity contribution in [3.05, 3.63) is 0 Å². The lowest BCUT2D eigenvalue weighted by Gasteiger charge is -2.28. The summed E-state index contributed by atoms with van der Waals surface area (Å²) in [5.41, 5.74) is -1.09. The van der Waals surface area contributed by atoms with Crippen molar-refractivity contribution in [3.8, 4) is 0 Å². The maximum absolute atomic E-state index is 10.7. The Morgan fingerprint density at radius 3 is 2.00 bits per heavy atom. The van der Waals surface area contributed by atoms with Crippen molar-refractivity contribution in [3.63, 3.8) is 0 Å². The third-order valence-corrected chi connectivity index (χ3v) is 5.90. The molecule has 1 N–H and O–H groups in total. The first-order valence-corrected chi connectivity index (χ1v) is 11.1. The minimum absolute atomic E-state index is 0.291. The molecular weight excluding hydrogens is 344 g/mol. The van der Waals surface area contributed by atoms with Gasteiger partial charge in [-0.3, -0.25) is 0 Å². The largest absolute Gasteiger partial charge is 0.385 e. The minimum atomic E-state index is -1.09. The third kappa shape index (κ3) is 6.14. The second kappa shape index (κ2) is 10.0. The molecule has 4 atom stereocenters. The van der Waals surface area contributed by atoms with E-state index in [2.05, 4.69) is 6.92 Å². The monoisotopic (exact) mass is 386 g/mol. The first-order chi connectivity index (χ1) is 12.7. The van der Waals surface area contributed by atoms with Crippen LogP contribution >= 0.6 is 0 Å². The Morgan fingerprint density at radius 1 is 0.852 bits per heavy atom. The van der Waals surface area contributed by atoms with Crippen LogP contribution in [0.2, 0.25) is 0 Å². The fourth-order valence-electron chi connectivity index (χ4n) is 4.19. The highest BCUT2D eigenvalue weighted by Crippen LogP contribution is 2.49. The van der Waals surface area contributed by atoms with Crippen molar-refractivity contribution in [2.24, 2.45) is 0 Å². The molecule has 2 fully saturated rings. The second-order valence-corrected chi connectivity index (χ2v) is 9.03. The number of unbranched alkanes of at least 4 members (excludes halogenated alkanes) is 9. The van der Waals surface area contributed by atoms with E-state index in [1.54, 1.807) is 6.92 Å². The number of ether oxygens (including phenoxy) is 4. The molecule has 1 unspecified atom stereocenters. The van der Waals surface area contributed by atoms with Gasteiger partial charge in [-0.2, -0.15) is 0 Å². The van der Waals surface area contributed by atoms with Crippen molar-refractivity contribution < 1.29 is 24.1 Å². The van der Waals surface area contributed by atoms with Gasteiger partial charge in [0.15, 0.2) is 5.79 Å². The van der Waals surface area contributed by atoms with Crippen molar-refractivity contribution in [1.29, 1.82) is 0 Å². The van der Waals surface area contributed by atoms with Crippen LogP contribution in [0.4, 0.5) is 0 Å². The topological polar surface area (TPSA) is 57.2 Å². The molecule has 5 nitrogen and oxygen atoms in total. The van der Waals surface area contributed by atoms with E-state index in [1.807, 2.05) is 20.8 Å². The lowest BCUT2D eigenvalue weighted by atomic mass is 9.92. The molecule has 0 aromatic carbocycles. The molecule has 27 heavy (non-hydrogen) atoms. The highest BCUT2D eigenvalue weighted by molar-refractivity contribution is 5.08. The van der Waals surface area contributed by atoms with Gasteiger partial charge in [-0.1, -0.05) is 64.7 Å². The second-order valence-electron chi connectivity index (χ2n) is 9.03. The SMILES string of the molecule is CCCCCCCCCCCCOC[C@@]12O[C@@H](C)C(C)(O)[C@@H]1OC(C)(C)O2. The van der Waals surface area contributed by atoms with Crippen molar-refractivity contribution in [1.82, 2.24) is 0 Å². The Hall–Kier alpha value is -0.200. The van der Waals surface area contributed by atoms with Crippen LogP contribution in [0, 0.1) is 0 Å². The van der Waals surface area contributed by atoms with E-state index in [1.165, 1.54) is 57.8 Å². The van der Waals surface area contributed by atoms with Gasteiger partial charge >= 0.3 is 0 Å². The van der Waals surface area contributed by atoms with Crippen LogP contribution in [-0.2, 0) is 18.9 Å². The summed E-state index contributed by atoms with van der Waals surface area (Å²) < 4.78 is 23.9. The highest BCUT2D eigenvalue weighted by Gasteiger charge is 2.68. The van der Waals surface area contributed by atoms with Gasteiger partial charge in [0.25, 0.3) is 0 Å². The molecule has 0 aromatic rings. The molecule has 2 rings (SSSR count). The Balaban J connectivity index is 1.60. The lowest BCUT2D eigenvalue weighted by molar-refractivity contribution is -0.279. The van der Waals surface area contributed by atoms with Crippen LogP contribution in [0.1, 0.15) is 98.8 Å². The van der Waals surface area contributed by atoms with Gasteiger partial charge in [-0.25, -0.2) is 0 Å². The highest BCUT2D eigenvalue weighted by atomic mass is 16.9. The molecule has 0 radical (unpaired) electrons. The van der Waals surface area contributed by atoms with E-state index in [4.69, 9.17) is 18.9 Å². The average molecular weight is 387 g/mol. The van der Waals surface area contributed by atoms with E-state index in [9.17, 15) is 5.11 Å².